The van der Waals surface area contributed by atoms with Crippen molar-refractivity contribution in [1.82, 2.24) is 0 Å². The average molecular weight is 414 g/mol. The van der Waals surface area contributed by atoms with Gasteiger partial charge in [-0.15, -0.1) is 0 Å². The second kappa shape index (κ2) is 12.5. The van der Waals surface area contributed by atoms with Gasteiger partial charge in [0.2, 0.25) is 0 Å². The lowest BCUT2D eigenvalue weighted by molar-refractivity contribution is -0.134. The summed E-state index contributed by atoms with van der Waals surface area (Å²) in [5, 5.41) is 19.6. The van der Waals surface area contributed by atoms with Gasteiger partial charge in [0, 0.05) is 12.5 Å². The number of methoxy groups -OCH3 is 1. The fourth-order valence-corrected chi connectivity index (χ4v) is 2.66. The van der Waals surface area contributed by atoms with Crippen molar-refractivity contribution in [3.63, 3.8) is 0 Å². The highest BCUT2D eigenvalue weighted by atomic mass is 16.5. The number of hydrogen-bond acceptors (Lipinski definition) is 7. The van der Waals surface area contributed by atoms with E-state index in [1.54, 1.807) is 30.3 Å². The van der Waals surface area contributed by atoms with Crippen molar-refractivity contribution in [3.8, 4) is 0 Å². The summed E-state index contributed by atoms with van der Waals surface area (Å²) in [4.78, 5) is 23.9. The van der Waals surface area contributed by atoms with Crippen LogP contribution in [0.4, 0.5) is 0 Å². The molecule has 7 nitrogen and oxygen atoms in total. The van der Waals surface area contributed by atoms with E-state index in [9.17, 15) is 19.8 Å². The Hall–Kier alpha value is -3.00. The molecule has 0 fully saturated rings. The molecule has 0 aliphatic heterocycles. The summed E-state index contributed by atoms with van der Waals surface area (Å²) in [7, 11) is 1.24. The molecule has 7 heteroatoms. The summed E-state index contributed by atoms with van der Waals surface area (Å²) in [6.07, 6.45) is -0.387. The molecule has 2 N–H and O–H groups in total. The van der Waals surface area contributed by atoms with Gasteiger partial charge in [-0.2, -0.15) is 0 Å². The Kier molecular flexibility index (Phi) is 9.73. The average Bonchev–Trinajstić information content (AvgIpc) is 2.80. The molecule has 2 aromatic rings. The molecule has 2 aromatic carbocycles. The Morgan fingerprint density at radius 2 is 1.67 bits per heavy atom. The molecule has 0 amide bonds. The highest BCUT2D eigenvalue weighted by molar-refractivity contribution is 5.89. The van der Waals surface area contributed by atoms with Crippen LogP contribution in [0.5, 0.6) is 0 Å². The van der Waals surface area contributed by atoms with Crippen molar-refractivity contribution in [1.29, 1.82) is 0 Å². The lowest BCUT2D eigenvalue weighted by atomic mass is 10.1. The molecule has 0 aromatic heterocycles. The third-order valence-corrected chi connectivity index (χ3v) is 4.30. The second-order valence-corrected chi connectivity index (χ2v) is 6.51. The molecule has 0 heterocycles. The van der Waals surface area contributed by atoms with Gasteiger partial charge in [0.1, 0.15) is 12.2 Å². The highest BCUT2D eigenvalue weighted by Crippen LogP contribution is 2.16. The Morgan fingerprint density at radius 1 is 1.03 bits per heavy atom. The van der Waals surface area contributed by atoms with Crippen LogP contribution in [0.25, 0.3) is 0 Å². The van der Waals surface area contributed by atoms with Gasteiger partial charge in [0.25, 0.3) is 0 Å². The molecule has 0 aliphatic carbocycles. The summed E-state index contributed by atoms with van der Waals surface area (Å²) in [5.41, 5.74) is 1.23. The number of aliphatic hydroxyl groups excluding tert-OH is 2. The van der Waals surface area contributed by atoms with Crippen LogP contribution in [0, 0.1) is 0 Å². The van der Waals surface area contributed by atoms with Crippen molar-refractivity contribution in [2.75, 3.05) is 13.7 Å². The van der Waals surface area contributed by atoms with Crippen molar-refractivity contribution in [2.45, 2.75) is 31.3 Å². The molecule has 3 atom stereocenters. The molecule has 0 unspecified atom stereocenters. The topological polar surface area (TPSA) is 102 Å². The maximum absolute atomic E-state index is 12.4. The lowest BCUT2D eigenvalue weighted by Crippen LogP contribution is -2.36. The minimum atomic E-state index is -1.20. The van der Waals surface area contributed by atoms with E-state index in [0.29, 0.717) is 5.56 Å². The quantitative estimate of drug-likeness (QED) is 0.430. The van der Waals surface area contributed by atoms with Crippen molar-refractivity contribution in [2.24, 2.45) is 0 Å². The first-order valence-corrected chi connectivity index (χ1v) is 9.50. The van der Waals surface area contributed by atoms with Crippen LogP contribution in [0.15, 0.2) is 72.8 Å². The van der Waals surface area contributed by atoms with E-state index in [1.165, 1.54) is 13.2 Å². The third kappa shape index (κ3) is 7.79. The molecule has 160 valence electrons. The second-order valence-electron chi connectivity index (χ2n) is 6.51. The molecule has 0 saturated carbocycles. The third-order valence-electron chi connectivity index (χ3n) is 4.30. The summed E-state index contributed by atoms with van der Waals surface area (Å²) in [5.74, 6) is -1.20. The van der Waals surface area contributed by atoms with Gasteiger partial charge in [-0.25, -0.2) is 9.59 Å². The summed E-state index contributed by atoms with van der Waals surface area (Å²) < 4.78 is 15.9. The predicted molar refractivity (Wildman–Crippen MR) is 110 cm³/mol. The molecular weight excluding hydrogens is 388 g/mol. The molecule has 0 bridgehead atoms. The molecule has 0 aliphatic rings. The largest absolute Gasteiger partial charge is 0.466 e. The van der Waals surface area contributed by atoms with Crippen LogP contribution >= 0.6 is 0 Å². The number of ether oxygens (including phenoxy) is 3. The van der Waals surface area contributed by atoms with Crippen LogP contribution in [-0.2, 0) is 25.6 Å². The van der Waals surface area contributed by atoms with Crippen LogP contribution < -0.4 is 0 Å². The van der Waals surface area contributed by atoms with Crippen molar-refractivity contribution < 1.29 is 34.0 Å². The van der Waals surface area contributed by atoms with E-state index in [0.717, 1.165) is 11.6 Å². The fourth-order valence-electron chi connectivity index (χ4n) is 2.66. The van der Waals surface area contributed by atoms with Crippen LogP contribution in [0.2, 0.25) is 0 Å². The minimum absolute atomic E-state index is 0.0284. The van der Waals surface area contributed by atoms with Gasteiger partial charge in [0.15, 0.2) is 0 Å². The number of carbonyl (C=O) groups is 2. The van der Waals surface area contributed by atoms with E-state index in [2.05, 4.69) is 4.74 Å². The predicted octanol–water partition coefficient (Wildman–Crippen LogP) is 2.27. The van der Waals surface area contributed by atoms with Gasteiger partial charge in [0.05, 0.1) is 32.0 Å². The Bertz CT molecular complexity index is 805. The molecule has 30 heavy (non-hydrogen) atoms. The Morgan fingerprint density at radius 3 is 2.27 bits per heavy atom. The number of benzene rings is 2. The number of aliphatic hydroxyl groups is 2. The first kappa shape index (κ1) is 23.3. The Labute approximate surface area is 175 Å². The van der Waals surface area contributed by atoms with Crippen LogP contribution in [0.3, 0.4) is 0 Å². The first-order chi connectivity index (χ1) is 14.5. The van der Waals surface area contributed by atoms with Crippen LogP contribution in [0.1, 0.15) is 22.3 Å². The van der Waals surface area contributed by atoms with Gasteiger partial charge in [-0.3, -0.25) is 0 Å². The summed E-state index contributed by atoms with van der Waals surface area (Å²) >= 11 is 0. The number of rotatable bonds is 11. The lowest BCUT2D eigenvalue weighted by Gasteiger charge is -2.25. The highest BCUT2D eigenvalue weighted by Gasteiger charge is 2.25. The van der Waals surface area contributed by atoms with E-state index in [4.69, 9.17) is 9.47 Å². The van der Waals surface area contributed by atoms with Crippen LogP contribution in [-0.4, -0.2) is 54.2 Å². The van der Waals surface area contributed by atoms with E-state index >= 15 is 0 Å². The zero-order chi connectivity index (χ0) is 21.8. The van der Waals surface area contributed by atoms with Gasteiger partial charge >= 0.3 is 11.9 Å². The smallest absolute Gasteiger partial charge is 0.338 e. The first-order valence-electron chi connectivity index (χ1n) is 9.50. The molecule has 0 spiro atoms. The normalized spacial score (nSPS) is 14.1. The minimum Gasteiger partial charge on any atom is -0.466 e. The monoisotopic (exact) mass is 414 g/mol. The molecular formula is C23H26O7. The summed E-state index contributed by atoms with van der Waals surface area (Å²) in [6.45, 7) is -0.331. The number of carbonyl (C=O) groups excluding carboxylic acids is 2. The molecule has 0 radical (unpaired) electrons. The fraction of sp³-hybridized carbons (Fsp3) is 0.304. The van der Waals surface area contributed by atoms with E-state index in [-0.39, 0.29) is 13.0 Å². The SMILES string of the molecule is COC(=O)/C=C/[C@H](C[C@@H](OCc1ccccc1)[C@@H](O)CO)OC(=O)c1ccccc1. The Balaban J connectivity index is 2.13. The van der Waals surface area contributed by atoms with E-state index < -0.39 is 36.9 Å². The molecule has 0 saturated heterocycles. The summed E-state index contributed by atoms with van der Waals surface area (Å²) in [6, 6.07) is 17.7. The van der Waals surface area contributed by atoms with Gasteiger partial charge in [-0.05, 0) is 23.8 Å². The zero-order valence-electron chi connectivity index (χ0n) is 16.7. The maximum Gasteiger partial charge on any atom is 0.338 e. The molecule has 2 rings (SSSR count). The zero-order valence-corrected chi connectivity index (χ0v) is 16.7. The van der Waals surface area contributed by atoms with Gasteiger partial charge < -0.3 is 24.4 Å². The number of hydrogen-bond donors (Lipinski definition) is 2. The maximum atomic E-state index is 12.4. The van der Waals surface area contributed by atoms with Crippen molar-refractivity contribution >= 4 is 11.9 Å². The van der Waals surface area contributed by atoms with Gasteiger partial charge in [-0.1, -0.05) is 48.5 Å². The number of esters is 2. The van der Waals surface area contributed by atoms with Crippen molar-refractivity contribution in [3.05, 3.63) is 83.9 Å². The standard InChI is InChI=1S/C23H26O7/c1-28-22(26)13-12-19(30-23(27)18-10-6-3-7-11-18)14-21(20(25)15-24)29-16-17-8-4-2-5-9-17/h2-13,19-21,24-25H,14-16H2,1H3/b13-12+/t19-,20+,21-/m1/s1. The van der Waals surface area contributed by atoms with E-state index in [1.807, 2.05) is 30.3 Å².